The van der Waals surface area contributed by atoms with Crippen LogP contribution in [0.1, 0.15) is 38.5 Å². The molecule has 4 heterocycles. The van der Waals surface area contributed by atoms with Crippen molar-refractivity contribution in [3.63, 3.8) is 0 Å². The molecule has 0 saturated heterocycles. The van der Waals surface area contributed by atoms with Gasteiger partial charge in [0.05, 0.1) is 88.1 Å². The van der Waals surface area contributed by atoms with Crippen LogP contribution < -0.4 is 61.8 Å². The number of quaternary nitrogens is 1. The molecule has 0 aromatic carbocycles. The molecule has 0 bridgehead atoms. The summed E-state index contributed by atoms with van der Waals surface area (Å²) in [6.45, 7) is 86.0. The monoisotopic (exact) mass is 2250 g/mol. The van der Waals surface area contributed by atoms with Crippen LogP contribution in [0.2, 0.25) is 213 Å². The van der Waals surface area contributed by atoms with E-state index in [4.69, 9.17) is 100 Å². The lowest BCUT2D eigenvalue weighted by atomic mass is 10.4. The van der Waals surface area contributed by atoms with Gasteiger partial charge in [-0.15, -0.1) is 39.5 Å². The summed E-state index contributed by atoms with van der Waals surface area (Å²) in [7, 11) is 8.97. The molecule has 0 fully saturated rings. The summed E-state index contributed by atoms with van der Waals surface area (Å²) >= 11 is 0. The quantitative estimate of drug-likeness (QED) is 0.0229. The number of nitrogens with two attached hydrogens (primary N) is 1. The fourth-order valence-corrected chi connectivity index (χ4v) is 17.0. The Morgan fingerprint density at radius 1 is 0.299 bits per heavy atom. The number of aliphatic imine (C=N–C) groups is 1. The number of hydrogen-bond acceptors (Lipinski definition) is 32. The predicted molar refractivity (Wildman–Crippen MR) is 617 cm³/mol. The van der Waals surface area contributed by atoms with Crippen LogP contribution in [0, 0.1) is 46.0 Å². The Labute approximate surface area is 869 Å². The maximum Gasteiger partial charge on any atom is 0.336 e. The average molecular weight is 2250 g/mol. The van der Waals surface area contributed by atoms with Gasteiger partial charge in [0.1, 0.15) is 0 Å². The van der Waals surface area contributed by atoms with Crippen molar-refractivity contribution in [2.45, 2.75) is 310 Å². The molecule has 846 valence electrons. The van der Waals surface area contributed by atoms with E-state index < -0.39 is 158 Å². The SMILES string of the molecule is C=CCn1c(=O)n(CC=C)c(=O)n(CCC[Si](C)(C)OC)c1=O.C=CCn1c(=O)n(CC=C)c(=O)n(CCC[Si](C)(C)OC)c1=O.C=CCn1c(=O)n(CC=C)c(=O)n(CCC[Si](C)(C)OC)c1=O.CO[Si](C)(C)C.CO[Si](C)(C)C.CO[Si](C)(C)C.CO[Si](C)(C)C.CO[Si](C)(C)C.CO[Si](C)(C)CCCN.CO[Si](C)(C)CCCN1C=NCC1.CO[Si](C)(C)CCC[NH+](C)C.O=[N+]([O-])[O-].O=[N+]([O-])[O-].O=[N+]([O-])[O-]. The largest absolute Gasteiger partial charge is 0.421 e. The van der Waals surface area contributed by atoms with Gasteiger partial charge in [-0.2, -0.15) is 0 Å². The average Bonchev–Trinajstić information content (AvgIpc) is 1.16. The van der Waals surface area contributed by atoms with Crippen LogP contribution in [0.3, 0.4) is 0 Å². The van der Waals surface area contributed by atoms with Crippen LogP contribution in [-0.2, 0) is 108 Å². The van der Waals surface area contributed by atoms with Crippen molar-refractivity contribution in [2.24, 2.45) is 10.7 Å². The minimum absolute atomic E-state index is 0.0629. The van der Waals surface area contributed by atoms with Gasteiger partial charge >= 0.3 is 51.2 Å². The zero-order valence-electron chi connectivity index (χ0n) is 95.8. The molecule has 3 N–H and O–H groups in total. The summed E-state index contributed by atoms with van der Waals surface area (Å²) < 4.78 is 67.4. The molecule has 3 aromatic rings. The lowest BCUT2D eigenvalue weighted by Crippen LogP contribution is -3.05. The third kappa shape index (κ3) is 90.9. The van der Waals surface area contributed by atoms with Crippen molar-refractivity contribution < 1.29 is 68.8 Å². The van der Waals surface area contributed by atoms with Gasteiger partial charge in [-0.1, -0.05) is 36.5 Å². The van der Waals surface area contributed by atoms with Gasteiger partial charge in [0, 0.05) is 111 Å². The summed E-state index contributed by atoms with van der Waals surface area (Å²) in [5.41, 5.74) is -0.152. The van der Waals surface area contributed by atoms with Crippen LogP contribution in [0.5, 0.6) is 0 Å². The normalized spacial score (nSPS) is 11.7. The summed E-state index contributed by atoms with van der Waals surface area (Å²) in [5, 5.41) is 44.2. The third-order valence-corrected chi connectivity index (χ3v) is 42.4. The van der Waals surface area contributed by atoms with Gasteiger partial charge in [0.2, 0.25) is 0 Å². The van der Waals surface area contributed by atoms with Crippen LogP contribution in [-0.4, -0.2) is 284 Å². The molecule has 45 nitrogen and oxygen atoms in total. The summed E-state index contributed by atoms with van der Waals surface area (Å²) in [6, 6.07) is 6.16. The van der Waals surface area contributed by atoms with Gasteiger partial charge in [-0.25, -0.2) is 84.3 Å². The first-order valence-corrected chi connectivity index (χ1v) is 83.1. The number of rotatable bonds is 46. The Bertz CT molecular complexity index is 4100. The Morgan fingerprint density at radius 2 is 0.451 bits per heavy atom. The highest BCUT2D eigenvalue weighted by Gasteiger charge is 2.27. The standard InChI is InChI=1S/3C15H25N3O4Si.C9H20N2OSi.C8H21NOSi.C6H17NOSi.5C4H12OSi.3NO3/c3*1-6-9-16-13(19)17(10-7-2)15(21)18(14(16)20)11-8-12-23(4,5)22-3;1-12-13(2,3)8-4-6-11-7-5-10-9-11;1-9(2)7-6-8-11(4,5)10-3;1-8-9(2,3)6-4-5-7;5*1-5-6(2,3)4;3*2-1(3)4/h3*6-7H,1-2,8-12H2,3-5H3;9H,4-8H2,1-3H3;6-8H2,1-5H3;4-7H2,1-3H3;5*1-4H3;;;/q;;;;;;;;;;;3*-1/p+1. The van der Waals surface area contributed by atoms with E-state index in [1.54, 1.807) is 64.0 Å². The van der Waals surface area contributed by atoms with E-state index in [0.717, 1.165) is 91.8 Å². The summed E-state index contributed by atoms with van der Waals surface area (Å²) in [5.74, 6) is 0. The van der Waals surface area contributed by atoms with Crippen LogP contribution in [0.4, 0.5) is 0 Å². The second kappa shape index (κ2) is 82.5. The number of allylic oxidation sites excluding steroid dienone is 6. The highest BCUT2D eigenvalue weighted by Crippen LogP contribution is 2.17. The van der Waals surface area contributed by atoms with Crippen molar-refractivity contribution in [2.75, 3.05) is 125 Å². The first-order valence-electron chi connectivity index (χ1n) is 47.3. The van der Waals surface area contributed by atoms with E-state index >= 15 is 0 Å². The molecule has 0 spiro atoms. The fourth-order valence-electron chi connectivity index (χ4n) is 9.62. The first kappa shape index (κ1) is 157. The van der Waals surface area contributed by atoms with Crippen molar-refractivity contribution in [1.29, 1.82) is 0 Å². The zero-order valence-corrected chi connectivity index (χ0v) is 107. The Morgan fingerprint density at radius 3 is 0.583 bits per heavy atom. The number of nitrogens with one attached hydrogen (secondary N) is 1. The van der Waals surface area contributed by atoms with Crippen molar-refractivity contribution in [3.8, 4) is 0 Å². The zero-order chi connectivity index (χ0) is 116. The van der Waals surface area contributed by atoms with Crippen LogP contribution >= 0.6 is 0 Å². The van der Waals surface area contributed by atoms with E-state index in [1.165, 1.54) is 78.9 Å². The predicted octanol–water partition coefficient (Wildman–Crippen LogP) is 12.1. The lowest BCUT2D eigenvalue weighted by Gasteiger charge is -2.21. The molecule has 4 rings (SSSR count). The maximum atomic E-state index is 12.4. The molecule has 1 aliphatic rings. The van der Waals surface area contributed by atoms with Gasteiger partial charge in [-0.05, 0) is 258 Å². The van der Waals surface area contributed by atoms with Crippen LogP contribution in [0.25, 0.3) is 0 Å². The third-order valence-electron chi connectivity index (χ3n) is 20.3. The molecular formula is C88H194N16O29Si11-2. The molecule has 56 heteroatoms. The number of nitrogens with zero attached hydrogens (tertiary/aromatic N) is 14. The molecule has 0 unspecified atom stereocenters. The molecule has 144 heavy (non-hydrogen) atoms. The van der Waals surface area contributed by atoms with Gasteiger partial charge < -0.3 is 110 Å². The molecular weight excluding hydrogens is 2050 g/mol. The Balaban J connectivity index is -0.000000176. The van der Waals surface area contributed by atoms with Crippen molar-refractivity contribution >= 4 is 97.8 Å². The number of hydrogen-bond donors (Lipinski definition) is 2. The molecule has 0 atom stereocenters. The highest BCUT2D eigenvalue weighted by atomic mass is 28.4. The van der Waals surface area contributed by atoms with E-state index in [2.05, 4.69) is 240 Å². The van der Waals surface area contributed by atoms with E-state index in [9.17, 15) is 43.2 Å². The Hall–Kier alpha value is -7.39. The van der Waals surface area contributed by atoms with Gasteiger partial charge in [0.25, 0.3) is 0 Å². The summed E-state index contributed by atoms with van der Waals surface area (Å²) in [4.78, 5) is 144. The molecule has 3 aromatic heterocycles. The smallest absolute Gasteiger partial charge is 0.336 e. The Kier molecular flexibility index (Phi) is 89.8. The molecule has 0 amide bonds. The second-order valence-electron chi connectivity index (χ2n) is 40.9. The topological polar surface area (TPSA) is 544 Å². The lowest BCUT2D eigenvalue weighted by molar-refractivity contribution is -0.858. The first-order chi connectivity index (χ1) is 65.6. The maximum absolute atomic E-state index is 12.4. The fraction of sp³-hybridized carbons (Fsp3) is 0.750. The van der Waals surface area contributed by atoms with Gasteiger partial charge in [0.15, 0.2) is 91.5 Å². The molecule has 0 saturated carbocycles. The van der Waals surface area contributed by atoms with Crippen molar-refractivity contribution in [1.82, 2.24) is 46.0 Å². The van der Waals surface area contributed by atoms with Gasteiger partial charge in [-0.3, -0.25) is 4.99 Å². The second-order valence-corrected chi connectivity index (χ2v) is 90.6. The minimum atomic E-state index is -1.76. The molecule has 1 aliphatic heterocycles. The van der Waals surface area contributed by atoms with E-state index in [1.807, 2.05) is 20.6 Å². The molecule has 0 radical (unpaired) electrons. The molecule has 0 aliphatic carbocycles. The van der Waals surface area contributed by atoms with Crippen molar-refractivity contribution in [3.05, 3.63) is 216 Å². The number of aromatic nitrogens is 9. The summed E-state index contributed by atoms with van der Waals surface area (Å²) in [6.07, 6.45) is 16.3. The van der Waals surface area contributed by atoms with E-state index in [0.29, 0.717) is 19.3 Å². The van der Waals surface area contributed by atoms with Crippen LogP contribution in [0.15, 0.2) is 124 Å². The highest BCUT2D eigenvalue weighted by molar-refractivity contribution is 6.74. The van der Waals surface area contributed by atoms with E-state index in [-0.39, 0.29) is 58.9 Å². The minimum Gasteiger partial charge on any atom is -0.421 e.